The third-order valence-electron chi connectivity index (χ3n) is 1.57. The standard InChI is InChI=1S/C8H8BrN3O/c9-8-2-1-7(13)5-6(8)3-4-11-12-10/h1-2,5,13H,3-4H2. The summed E-state index contributed by atoms with van der Waals surface area (Å²) in [5.41, 5.74) is 9.00. The van der Waals surface area contributed by atoms with E-state index >= 15 is 0 Å². The molecule has 1 rings (SSSR count). The Hall–Kier alpha value is -1.19. The van der Waals surface area contributed by atoms with Crippen LogP contribution in [0.3, 0.4) is 0 Å². The predicted octanol–water partition coefficient (Wildman–Crippen LogP) is 3.01. The third kappa shape index (κ3) is 2.97. The molecule has 0 atom stereocenters. The van der Waals surface area contributed by atoms with Crippen LogP contribution in [0.15, 0.2) is 27.8 Å². The summed E-state index contributed by atoms with van der Waals surface area (Å²) < 4.78 is 0.915. The summed E-state index contributed by atoms with van der Waals surface area (Å²) in [6, 6.07) is 5.01. The Morgan fingerprint density at radius 1 is 1.54 bits per heavy atom. The quantitative estimate of drug-likeness (QED) is 0.494. The van der Waals surface area contributed by atoms with Gasteiger partial charge in [0, 0.05) is 15.9 Å². The number of hydrogen-bond acceptors (Lipinski definition) is 2. The second-order valence-electron chi connectivity index (χ2n) is 2.48. The van der Waals surface area contributed by atoms with E-state index in [-0.39, 0.29) is 5.75 Å². The number of aromatic hydroxyl groups is 1. The maximum Gasteiger partial charge on any atom is 0.115 e. The predicted molar refractivity (Wildman–Crippen MR) is 53.5 cm³/mol. The maximum absolute atomic E-state index is 9.17. The summed E-state index contributed by atoms with van der Waals surface area (Å²) in [7, 11) is 0. The van der Waals surface area contributed by atoms with Gasteiger partial charge in [-0.3, -0.25) is 0 Å². The highest BCUT2D eigenvalue weighted by atomic mass is 79.9. The largest absolute Gasteiger partial charge is 0.508 e. The first kappa shape index (κ1) is 9.89. The zero-order chi connectivity index (χ0) is 9.68. The first-order valence-corrected chi connectivity index (χ1v) is 4.51. The SMILES string of the molecule is [N-]=[N+]=NCCc1cc(O)ccc1Br. The van der Waals surface area contributed by atoms with Gasteiger partial charge in [0.05, 0.1) is 0 Å². The molecule has 0 heterocycles. The lowest BCUT2D eigenvalue weighted by atomic mass is 10.1. The molecule has 1 aromatic carbocycles. The summed E-state index contributed by atoms with van der Waals surface area (Å²) >= 11 is 3.34. The highest BCUT2D eigenvalue weighted by molar-refractivity contribution is 9.10. The minimum absolute atomic E-state index is 0.221. The average molecular weight is 242 g/mol. The van der Waals surface area contributed by atoms with E-state index in [9.17, 15) is 0 Å². The number of phenols is 1. The van der Waals surface area contributed by atoms with Crippen molar-refractivity contribution in [3.63, 3.8) is 0 Å². The number of rotatable bonds is 3. The Labute approximate surface area is 84.0 Å². The molecule has 4 nitrogen and oxygen atoms in total. The number of benzene rings is 1. The second-order valence-corrected chi connectivity index (χ2v) is 3.33. The summed E-state index contributed by atoms with van der Waals surface area (Å²) in [6.07, 6.45) is 0.624. The first-order valence-electron chi connectivity index (χ1n) is 3.72. The molecule has 0 saturated carbocycles. The van der Waals surface area contributed by atoms with Gasteiger partial charge in [0.1, 0.15) is 5.75 Å². The Kier molecular flexibility index (Phi) is 3.61. The molecule has 0 aliphatic carbocycles. The molecule has 68 valence electrons. The van der Waals surface area contributed by atoms with Gasteiger partial charge in [0.15, 0.2) is 0 Å². The Bertz CT molecular complexity index is 347. The van der Waals surface area contributed by atoms with Crippen LogP contribution >= 0.6 is 15.9 Å². The van der Waals surface area contributed by atoms with Crippen molar-refractivity contribution in [2.75, 3.05) is 6.54 Å². The molecule has 0 spiro atoms. The van der Waals surface area contributed by atoms with Crippen molar-refractivity contribution >= 4 is 15.9 Å². The fourth-order valence-corrected chi connectivity index (χ4v) is 1.41. The molecule has 0 aliphatic rings. The van der Waals surface area contributed by atoms with Crippen LogP contribution in [0.2, 0.25) is 0 Å². The molecule has 5 heteroatoms. The maximum atomic E-state index is 9.17. The Balaban J connectivity index is 2.75. The van der Waals surface area contributed by atoms with Crippen molar-refractivity contribution in [1.29, 1.82) is 0 Å². The van der Waals surface area contributed by atoms with Crippen LogP contribution in [0.25, 0.3) is 10.4 Å². The molecular formula is C8H8BrN3O. The van der Waals surface area contributed by atoms with E-state index in [2.05, 4.69) is 26.0 Å². The number of halogens is 1. The Morgan fingerprint density at radius 2 is 2.31 bits per heavy atom. The van der Waals surface area contributed by atoms with Crippen molar-refractivity contribution in [1.82, 2.24) is 0 Å². The normalized spacial score (nSPS) is 9.31. The molecule has 1 aromatic rings. The minimum Gasteiger partial charge on any atom is -0.508 e. The van der Waals surface area contributed by atoms with E-state index in [4.69, 9.17) is 10.6 Å². The lowest BCUT2D eigenvalue weighted by Crippen LogP contribution is -1.89. The van der Waals surface area contributed by atoms with Gasteiger partial charge >= 0.3 is 0 Å². The van der Waals surface area contributed by atoms with E-state index in [1.54, 1.807) is 18.2 Å². The summed E-state index contributed by atoms with van der Waals surface area (Å²) in [6.45, 7) is 0.401. The van der Waals surface area contributed by atoms with Gasteiger partial charge in [-0.05, 0) is 35.7 Å². The van der Waals surface area contributed by atoms with Gasteiger partial charge in [0.25, 0.3) is 0 Å². The van der Waals surface area contributed by atoms with Crippen molar-refractivity contribution < 1.29 is 5.11 Å². The van der Waals surface area contributed by atoms with Crippen LogP contribution in [0, 0.1) is 0 Å². The van der Waals surface area contributed by atoms with Crippen LogP contribution in [0.5, 0.6) is 5.75 Å². The summed E-state index contributed by atoms with van der Waals surface area (Å²) in [5.74, 6) is 0.221. The number of phenolic OH excluding ortho intramolecular Hbond substituents is 1. The van der Waals surface area contributed by atoms with Gasteiger partial charge in [-0.1, -0.05) is 21.0 Å². The average Bonchev–Trinajstić information content (AvgIpc) is 2.11. The topological polar surface area (TPSA) is 69.0 Å². The monoisotopic (exact) mass is 241 g/mol. The molecule has 0 unspecified atom stereocenters. The molecule has 0 bridgehead atoms. The van der Waals surface area contributed by atoms with Gasteiger partial charge in [-0.25, -0.2) is 0 Å². The third-order valence-corrected chi connectivity index (χ3v) is 2.35. The molecule has 0 aliphatic heterocycles. The van der Waals surface area contributed by atoms with Gasteiger partial charge < -0.3 is 5.11 Å². The van der Waals surface area contributed by atoms with Crippen molar-refractivity contribution in [2.45, 2.75) is 6.42 Å². The molecule has 0 amide bonds. The molecule has 0 radical (unpaired) electrons. The number of hydrogen-bond donors (Lipinski definition) is 1. The number of nitrogens with zero attached hydrogens (tertiary/aromatic N) is 3. The van der Waals surface area contributed by atoms with Crippen molar-refractivity contribution in [3.05, 3.63) is 38.7 Å². The molecule has 13 heavy (non-hydrogen) atoms. The summed E-state index contributed by atoms with van der Waals surface area (Å²) in [5, 5.41) is 12.6. The lowest BCUT2D eigenvalue weighted by Gasteiger charge is -2.02. The zero-order valence-corrected chi connectivity index (χ0v) is 8.40. The van der Waals surface area contributed by atoms with Gasteiger partial charge in [0.2, 0.25) is 0 Å². The molecule has 0 saturated heterocycles. The lowest BCUT2D eigenvalue weighted by molar-refractivity contribution is 0.474. The fourth-order valence-electron chi connectivity index (χ4n) is 0.968. The van der Waals surface area contributed by atoms with E-state index in [1.165, 1.54) is 0 Å². The molecule has 0 fully saturated rings. The number of azide groups is 1. The van der Waals surface area contributed by atoms with Crippen LogP contribution < -0.4 is 0 Å². The highest BCUT2D eigenvalue weighted by Gasteiger charge is 1.99. The smallest absolute Gasteiger partial charge is 0.115 e. The van der Waals surface area contributed by atoms with Crippen LogP contribution in [0.1, 0.15) is 5.56 Å². The second kappa shape index (κ2) is 4.74. The van der Waals surface area contributed by atoms with Crippen molar-refractivity contribution in [2.24, 2.45) is 5.11 Å². The van der Waals surface area contributed by atoms with Gasteiger partial charge in [-0.15, -0.1) is 0 Å². The van der Waals surface area contributed by atoms with Crippen LogP contribution in [-0.2, 0) is 6.42 Å². The van der Waals surface area contributed by atoms with Crippen LogP contribution in [0.4, 0.5) is 0 Å². The van der Waals surface area contributed by atoms with E-state index in [1.807, 2.05) is 0 Å². The van der Waals surface area contributed by atoms with E-state index in [0.29, 0.717) is 13.0 Å². The molecule has 0 aromatic heterocycles. The Morgan fingerprint density at radius 3 is 3.00 bits per heavy atom. The van der Waals surface area contributed by atoms with Gasteiger partial charge in [-0.2, -0.15) is 0 Å². The highest BCUT2D eigenvalue weighted by Crippen LogP contribution is 2.21. The first-order chi connectivity index (χ1) is 6.24. The fraction of sp³-hybridized carbons (Fsp3) is 0.250. The van der Waals surface area contributed by atoms with Crippen LogP contribution in [-0.4, -0.2) is 11.7 Å². The van der Waals surface area contributed by atoms with E-state index < -0.39 is 0 Å². The molecule has 1 N–H and O–H groups in total. The molecular weight excluding hydrogens is 234 g/mol. The van der Waals surface area contributed by atoms with E-state index in [0.717, 1.165) is 10.0 Å². The summed E-state index contributed by atoms with van der Waals surface area (Å²) in [4.78, 5) is 2.65. The minimum atomic E-state index is 0.221. The zero-order valence-electron chi connectivity index (χ0n) is 6.81. The van der Waals surface area contributed by atoms with Crippen molar-refractivity contribution in [3.8, 4) is 5.75 Å².